The summed E-state index contributed by atoms with van der Waals surface area (Å²) in [6, 6.07) is 13.5. The molecule has 0 aliphatic rings. The van der Waals surface area contributed by atoms with Crippen molar-refractivity contribution in [2.75, 3.05) is 12.4 Å². The Hall–Kier alpha value is -4.20. The molecule has 158 valence electrons. The number of hydrogen-bond acceptors (Lipinski definition) is 5. The average Bonchev–Trinajstić information content (AvgIpc) is 3.31. The number of hydrogen-bond donors (Lipinski definition) is 2. The summed E-state index contributed by atoms with van der Waals surface area (Å²) in [5.41, 5.74) is 1.65. The van der Waals surface area contributed by atoms with Gasteiger partial charge in [-0.25, -0.2) is 9.18 Å². The molecule has 8 heteroatoms. The van der Waals surface area contributed by atoms with Crippen LogP contribution in [0.5, 0.6) is 0 Å². The van der Waals surface area contributed by atoms with E-state index in [4.69, 9.17) is 9.15 Å². The molecule has 0 fully saturated rings. The number of furan rings is 1. The first-order valence-corrected chi connectivity index (χ1v) is 9.23. The Kier molecular flexibility index (Phi) is 6.95. The van der Waals surface area contributed by atoms with E-state index in [1.807, 2.05) is 0 Å². The monoisotopic (exact) mass is 422 g/mol. The number of anilines is 1. The summed E-state index contributed by atoms with van der Waals surface area (Å²) in [5.74, 6) is -1.77. The van der Waals surface area contributed by atoms with Gasteiger partial charge in [0, 0.05) is 18.3 Å². The summed E-state index contributed by atoms with van der Waals surface area (Å²) >= 11 is 0. The van der Waals surface area contributed by atoms with Crippen LogP contribution in [0.2, 0.25) is 0 Å². The van der Waals surface area contributed by atoms with Crippen LogP contribution in [0, 0.1) is 5.82 Å². The first-order chi connectivity index (χ1) is 14.9. The fraction of sp³-hybridized carbons (Fsp3) is 0.0870. The highest BCUT2D eigenvalue weighted by Crippen LogP contribution is 2.17. The van der Waals surface area contributed by atoms with Crippen LogP contribution in [0.4, 0.5) is 10.1 Å². The predicted molar refractivity (Wildman–Crippen MR) is 112 cm³/mol. The van der Waals surface area contributed by atoms with E-state index >= 15 is 0 Å². The smallest absolute Gasteiger partial charge is 0.337 e. The van der Waals surface area contributed by atoms with Crippen LogP contribution in [-0.4, -0.2) is 24.9 Å². The van der Waals surface area contributed by atoms with Gasteiger partial charge in [0.05, 0.1) is 18.9 Å². The number of carbonyl (C=O) groups excluding carboxylic acids is 3. The maximum atomic E-state index is 13.2. The van der Waals surface area contributed by atoms with E-state index in [0.717, 1.165) is 0 Å². The predicted octanol–water partition coefficient (Wildman–Crippen LogP) is 3.79. The number of nitrogens with one attached hydrogen (secondary N) is 2. The van der Waals surface area contributed by atoms with Gasteiger partial charge in [0.25, 0.3) is 5.91 Å². The Labute approximate surface area is 177 Å². The highest BCUT2D eigenvalue weighted by Gasteiger charge is 2.13. The van der Waals surface area contributed by atoms with Crippen molar-refractivity contribution in [3.05, 3.63) is 95.2 Å². The van der Waals surface area contributed by atoms with Gasteiger partial charge in [-0.3, -0.25) is 9.59 Å². The van der Waals surface area contributed by atoms with Gasteiger partial charge < -0.3 is 19.8 Å². The number of benzene rings is 2. The molecule has 0 saturated heterocycles. The number of carbonyl (C=O) groups is 3. The molecular weight excluding hydrogens is 403 g/mol. The number of ether oxygens (including phenoxy) is 1. The number of esters is 1. The van der Waals surface area contributed by atoms with Gasteiger partial charge in [-0.1, -0.05) is 12.1 Å². The van der Waals surface area contributed by atoms with E-state index in [0.29, 0.717) is 16.8 Å². The zero-order chi connectivity index (χ0) is 22.2. The first kappa shape index (κ1) is 21.5. The van der Waals surface area contributed by atoms with Crippen LogP contribution in [-0.2, 0) is 16.1 Å². The van der Waals surface area contributed by atoms with Crippen molar-refractivity contribution < 1.29 is 27.9 Å². The molecule has 0 saturated carbocycles. The minimum absolute atomic E-state index is 0.0841. The lowest BCUT2D eigenvalue weighted by Gasteiger charge is -2.10. The molecule has 3 rings (SSSR count). The summed E-state index contributed by atoms with van der Waals surface area (Å²) in [6.07, 6.45) is 4.13. The van der Waals surface area contributed by atoms with Gasteiger partial charge in [0.15, 0.2) is 5.76 Å². The van der Waals surface area contributed by atoms with E-state index < -0.39 is 23.6 Å². The van der Waals surface area contributed by atoms with Crippen LogP contribution >= 0.6 is 0 Å². The maximum Gasteiger partial charge on any atom is 0.337 e. The fourth-order valence-electron chi connectivity index (χ4n) is 2.73. The van der Waals surface area contributed by atoms with Gasteiger partial charge in [-0.2, -0.15) is 0 Å². The quantitative estimate of drug-likeness (QED) is 0.446. The topological polar surface area (TPSA) is 97.6 Å². The molecule has 2 aromatic carbocycles. The molecule has 3 aromatic rings. The lowest BCUT2D eigenvalue weighted by atomic mass is 10.1. The van der Waals surface area contributed by atoms with Crippen LogP contribution in [0.1, 0.15) is 32.0 Å². The van der Waals surface area contributed by atoms with Crippen molar-refractivity contribution in [1.29, 1.82) is 0 Å². The number of amides is 2. The second-order valence-electron chi connectivity index (χ2n) is 6.45. The summed E-state index contributed by atoms with van der Waals surface area (Å²) in [5, 5.41) is 5.31. The molecular formula is C23H19FN2O5. The van der Waals surface area contributed by atoms with E-state index in [-0.39, 0.29) is 17.9 Å². The van der Waals surface area contributed by atoms with E-state index in [1.165, 1.54) is 49.8 Å². The third kappa shape index (κ3) is 6.14. The normalized spacial score (nSPS) is 10.6. The van der Waals surface area contributed by atoms with Crippen LogP contribution < -0.4 is 10.6 Å². The number of methoxy groups -OCH3 is 1. The molecule has 0 spiro atoms. The van der Waals surface area contributed by atoms with Crippen molar-refractivity contribution in [3.63, 3.8) is 0 Å². The van der Waals surface area contributed by atoms with Gasteiger partial charge in [-0.05, 0) is 59.7 Å². The average molecular weight is 422 g/mol. The van der Waals surface area contributed by atoms with Crippen molar-refractivity contribution in [2.45, 2.75) is 6.54 Å². The Morgan fingerprint density at radius 2 is 1.94 bits per heavy atom. The Morgan fingerprint density at radius 3 is 2.65 bits per heavy atom. The molecule has 2 amide bonds. The Morgan fingerprint density at radius 1 is 1.10 bits per heavy atom. The first-order valence-electron chi connectivity index (χ1n) is 9.23. The molecule has 0 radical (unpaired) electrons. The Bertz CT molecular complexity index is 1120. The molecule has 1 aromatic heterocycles. The minimum Gasteiger partial charge on any atom is -0.465 e. The molecule has 2 N–H and O–H groups in total. The second kappa shape index (κ2) is 10.0. The lowest BCUT2D eigenvalue weighted by molar-refractivity contribution is -0.116. The standard InChI is InChI=1S/C23H19FN2O5/c1-30-23(29)17-10-16(12-19(13-17)26-22(28)20-6-3-9-31-20)14-25-21(27)8-7-15-4-2-5-18(24)11-15/h2-13H,14H2,1H3,(H,25,27)(H,26,28)/b8-7+. The van der Waals surface area contributed by atoms with Crippen molar-refractivity contribution in [2.24, 2.45) is 0 Å². The summed E-state index contributed by atoms with van der Waals surface area (Å²) < 4.78 is 23.0. The minimum atomic E-state index is -0.590. The third-order valence-corrected chi connectivity index (χ3v) is 4.16. The molecule has 31 heavy (non-hydrogen) atoms. The van der Waals surface area contributed by atoms with Crippen LogP contribution in [0.25, 0.3) is 6.08 Å². The molecule has 0 aliphatic carbocycles. The van der Waals surface area contributed by atoms with Gasteiger partial charge in [0.2, 0.25) is 5.91 Å². The van der Waals surface area contributed by atoms with E-state index in [1.54, 1.807) is 30.3 Å². The zero-order valence-corrected chi connectivity index (χ0v) is 16.6. The zero-order valence-electron chi connectivity index (χ0n) is 16.6. The molecule has 0 atom stereocenters. The van der Waals surface area contributed by atoms with Crippen LogP contribution in [0.15, 0.2) is 71.4 Å². The highest BCUT2D eigenvalue weighted by atomic mass is 19.1. The number of rotatable bonds is 7. The summed E-state index contributed by atoms with van der Waals surface area (Å²) in [4.78, 5) is 36.3. The van der Waals surface area contributed by atoms with Crippen molar-refractivity contribution in [1.82, 2.24) is 5.32 Å². The fourth-order valence-corrected chi connectivity index (χ4v) is 2.73. The SMILES string of the molecule is COC(=O)c1cc(CNC(=O)/C=C/c2cccc(F)c2)cc(NC(=O)c2ccco2)c1. The van der Waals surface area contributed by atoms with E-state index in [9.17, 15) is 18.8 Å². The molecule has 7 nitrogen and oxygen atoms in total. The summed E-state index contributed by atoms with van der Waals surface area (Å²) in [7, 11) is 1.25. The van der Waals surface area contributed by atoms with Crippen LogP contribution in [0.3, 0.4) is 0 Å². The molecule has 1 heterocycles. The van der Waals surface area contributed by atoms with Gasteiger partial charge in [0.1, 0.15) is 5.82 Å². The Balaban J connectivity index is 1.71. The largest absolute Gasteiger partial charge is 0.465 e. The van der Waals surface area contributed by atoms with Gasteiger partial charge in [-0.15, -0.1) is 0 Å². The van der Waals surface area contributed by atoms with Crippen molar-refractivity contribution >= 4 is 29.5 Å². The van der Waals surface area contributed by atoms with Gasteiger partial charge >= 0.3 is 5.97 Å². The maximum absolute atomic E-state index is 13.2. The summed E-state index contributed by atoms with van der Waals surface area (Å²) in [6.45, 7) is 0.0841. The highest BCUT2D eigenvalue weighted by molar-refractivity contribution is 6.03. The molecule has 0 unspecified atom stereocenters. The second-order valence-corrected chi connectivity index (χ2v) is 6.45. The number of halogens is 1. The third-order valence-electron chi connectivity index (χ3n) is 4.16. The van der Waals surface area contributed by atoms with E-state index in [2.05, 4.69) is 10.6 Å². The lowest BCUT2D eigenvalue weighted by Crippen LogP contribution is -2.21. The van der Waals surface area contributed by atoms with Crippen molar-refractivity contribution in [3.8, 4) is 0 Å². The molecule has 0 aliphatic heterocycles. The molecule has 0 bridgehead atoms.